The van der Waals surface area contributed by atoms with Gasteiger partial charge in [-0.1, -0.05) is 0 Å². The molecule has 88 valence electrons. The minimum atomic E-state index is -1.07. The summed E-state index contributed by atoms with van der Waals surface area (Å²) in [5, 5.41) is 0.267. The molecule has 0 aliphatic carbocycles. The molecule has 1 aromatic heterocycles. The number of fused-ring (bicyclic) bond motifs is 1. The average Bonchev–Trinajstić information content (AvgIpc) is 2.76. The lowest BCUT2D eigenvalue weighted by Gasteiger charge is -2.03. The van der Waals surface area contributed by atoms with Crippen molar-refractivity contribution in [3.63, 3.8) is 0 Å². The highest BCUT2D eigenvalue weighted by atomic mass is 19.1. The van der Waals surface area contributed by atoms with E-state index in [1.54, 1.807) is 6.92 Å². The Kier molecular flexibility index (Phi) is 2.91. The first-order chi connectivity index (χ1) is 8.15. The molecule has 5 heteroatoms. The van der Waals surface area contributed by atoms with E-state index in [1.807, 2.05) is 0 Å². The van der Waals surface area contributed by atoms with Gasteiger partial charge in [0, 0.05) is 5.39 Å². The third kappa shape index (κ3) is 1.91. The van der Waals surface area contributed by atoms with Gasteiger partial charge in [0.1, 0.15) is 11.4 Å². The maximum absolute atomic E-state index is 13.6. The number of esters is 1. The lowest BCUT2D eigenvalue weighted by Crippen LogP contribution is -2.19. The molecule has 0 radical (unpaired) electrons. The lowest BCUT2D eigenvalue weighted by molar-refractivity contribution is -0.137. The fourth-order valence-electron chi connectivity index (χ4n) is 1.55. The fraction of sp³-hybridized carbons (Fsp3) is 0.167. The highest BCUT2D eigenvalue weighted by Crippen LogP contribution is 2.23. The van der Waals surface area contributed by atoms with Crippen LogP contribution in [0.4, 0.5) is 4.39 Å². The van der Waals surface area contributed by atoms with Gasteiger partial charge in [-0.3, -0.25) is 4.79 Å². The van der Waals surface area contributed by atoms with Gasteiger partial charge in [-0.2, -0.15) is 0 Å². The zero-order valence-corrected chi connectivity index (χ0v) is 9.03. The van der Waals surface area contributed by atoms with Crippen molar-refractivity contribution in [2.24, 2.45) is 0 Å². The van der Waals surface area contributed by atoms with Crippen molar-refractivity contribution >= 4 is 22.7 Å². The van der Waals surface area contributed by atoms with Crippen LogP contribution in [-0.4, -0.2) is 18.4 Å². The van der Waals surface area contributed by atoms with Crippen molar-refractivity contribution in [3.8, 4) is 0 Å². The Balaban J connectivity index is 2.53. The molecule has 1 aromatic carbocycles. The quantitative estimate of drug-likeness (QED) is 0.466. The number of hydrogen-bond acceptors (Lipinski definition) is 4. The number of carbonyl (C=O) groups is 2. The van der Waals surface area contributed by atoms with Gasteiger partial charge in [0.2, 0.25) is 0 Å². The molecule has 1 heterocycles. The first-order valence-corrected chi connectivity index (χ1v) is 5.02. The van der Waals surface area contributed by atoms with Crippen molar-refractivity contribution in [2.75, 3.05) is 6.61 Å². The van der Waals surface area contributed by atoms with E-state index in [4.69, 9.17) is 4.42 Å². The lowest BCUT2D eigenvalue weighted by atomic mass is 10.1. The Morgan fingerprint density at radius 1 is 1.35 bits per heavy atom. The van der Waals surface area contributed by atoms with E-state index in [9.17, 15) is 14.0 Å². The molecular weight excluding hydrogens is 227 g/mol. The molecule has 17 heavy (non-hydrogen) atoms. The van der Waals surface area contributed by atoms with Gasteiger partial charge in [-0.25, -0.2) is 9.18 Å². The number of ether oxygens (including phenoxy) is 1. The second-order valence-corrected chi connectivity index (χ2v) is 3.30. The maximum Gasteiger partial charge on any atom is 0.379 e. The normalized spacial score (nSPS) is 10.5. The monoisotopic (exact) mass is 236 g/mol. The Bertz CT molecular complexity index is 585. The third-order valence-electron chi connectivity index (χ3n) is 2.27. The van der Waals surface area contributed by atoms with E-state index in [1.165, 1.54) is 18.4 Å². The van der Waals surface area contributed by atoms with Crippen LogP contribution in [0.15, 0.2) is 28.9 Å². The fourth-order valence-corrected chi connectivity index (χ4v) is 1.55. The van der Waals surface area contributed by atoms with E-state index in [0.717, 1.165) is 6.07 Å². The molecule has 0 atom stereocenters. The van der Waals surface area contributed by atoms with E-state index in [-0.39, 0.29) is 17.6 Å². The first kappa shape index (κ1) is 11.3. The van der Waals surface area contributed by atoms with Crippen LogP contribution in [0.25, 0.3) is 11.0 Å². The van der Waals surface area contributed by atoms with Gasteiger partial charge in [0.05, 0.1) is 18.4 Å². The van der Waals surface area contributed by atoms with E-state index >= 15 is 0 Å². The summed E-state index contributed by atoms with van der Waals surface area (Å²) in [6.45, 7) is 1.63. The van der Waals surface area contributed by atoms with Crippen LogP contribution in [0.2, 0.25) is 0 Å². The van der Waals surface area contributed by atoms with Gasteiger partial charge < -0.3 is 9.15 Å². The Morgan fingerprint density at radius 2 is 2.12 bits per heavy atom. The third-order valence-corrected chi connectivity index (χ3v) is 2.27. The summed E-state index contributed by atoms with van der Waals surface area (Å²) in [5.41, 5.74) is 0.0359. The molecule has 0 unspecified atom stereocenters. The maximum atomic E-state index is 13.6. The van der Waals surface area contributed by atoms with Crippen LogP contribution in [0.1, 0.15) is 17.3 Å². The molecular formula is C12H9FO4. The Labute approximate surface area is 96.0 Å². The molecule has 0 saturated carbocycles. The molecule has 0 fully saturated rings. The van der Waals surface area contributed by atoms with Crippen molar-refractivity contribution in [2.45, 2.75) is 6.92 Å². The van der Waals surface area contributed by atoms with E-state index in [2.05, 4.69) is 4.74 Å². The average molecular weight is 236 g/mol. The summed E-state index contributed by atoms with van der Waals surface area (Å²) in [6, 6.07) is 3.91. The van der Waals surface area contributed by atoms with Crippen molar-refractivity contribution in [3.05, 3.63) is 35.8 Å². The second kappa shape index (κ2) is 4.37. The van der Waals surface area contributed by atoms with Gasteiger partial charge in [0.25, 0.3) is 5.78 Å². The van der Waals surface area contributed by atoms with Crippen LogP contribution in [0.5, 0.6) is 0 Å². The van der Waals surface area contributed by atoms with Gasteiger partial charge >= 0.3 is 5.97 Å². The van der Waals surface area contributed by atoms with Gasteiger partial charge in [0.15, 0.2) is 0 Å². The van der Waals surface area contributed by atoms with Crippen LogP contribution in [0, 0.1) is 5.82 Å². The molecule has 0 amide bonds. The van der Waals surface area contributed by atoms with E-state index < -0.39 is 17.6 Å². The van der Waals surface area contributed by atoms with Crippen molar-refractivity contribution in [1.29, 1.82) is 0 Å². The predicted molar refractivity (Wildman–Crippen MR) is 57.1 cm³/mol. The Morgan fingerprint density at radius 3 is 2.82 bits per heavy atom. The molecule has 2 aromatic rings. The van der Waals surface area contributed by atoms with Crippen LogP contribution in [0.3, 0.4) is 0 Å². The minimum absolute atomic E-state index is 0.0631. The molecule has 0 aliphatic rings. The molecule has 0 aliphatic heterocycles. The summed E-state index contributed by atoms with van der Waals surface area (Å²) < 4.78 is 23.2. The van der Waals surface area contributed by atoms with Crippen molar-refractivity contribution in [1.82, 2.24) is 0 Å². The zero-order valence-electron chi connectivity index (χ0n) is 9.03. The minimum Gasteiger partial charge on any atom is -0.464 e. The second-order valence-electron chi connectivity index (χ2n) is 3.30. The topological polar surface area (TPSA) is 56.5 Å². The highest BCUT2D eigenvalue weighted by molar-refractivity contribution is 6.42. The van der Waals surface area contributed by atoms with E-state index in [0.29, 0.717) is 5.58 Å². The van der Waals surface area contributed by atoms with Crippen LogP contribution in [-0.2, 0) is 9.53 Å². The zero-order chi connectivity index (χ0) is 12.4. The number of Topliss-reactive ketones (excluding diaryl/α,β-unsaturated/α-hetero) is 1. The van der Waals surface area contributed by atoms with Crippen LogP contribution >= 0.6 is 0 Å². The molecule has 0 N–H and O–H groups in total. The van der Waals surface area contributed by atoms with Gasteiger partial charge in [-0.05, 0) is 25.1 Å². The molecule has 4 nitrogen and oxygen atoms in total. The summed E-state index contributed by atoms with van der Waals surface area (Å²) >= 11 is 0. The number of benzene rings is 1. The number of carbonyl (C=O) groups excluding carboxylic acids is 2. The molecule has 0 saturated heterocycles. The smallest absolute Gasteiger partial charge is 0.379 e. The number of ketones is 1. The number of furan rings is 1. The van der Waals surface area contributed by atoms with Gasteiger partial charge in [-0.15, -0.1) is 0 Å². The highest BCUT2D eigenvalue weighted by Gasteiger charge is 2.24. The van der Waals surface area contributed by atoms with Crippen LogP contribution < -0.4 is 0 Å². The standard InChI is InChI=1S/C12H9FO4/c1-2-16-12(15)11(14)10-7-5-6-17-9(7)4-3-8(10)13/h3-6H,2H2,1H3. The number of halogens is 1. The van der Waals surface area contributed by atoms with Crippen molar-refractivity contribution < 1.29 is 23.1 Å². The molecule has 0 bridgehead atoms. The SMILES string of the molecule is CCOC(=O)C(=O)c1c(F)ccc2occc12. The molecule has 0 spiro atoms. The first-order valence-electron chi connectivity index (χ1n) is 5.02. The largest absolute Gasteiger partial charge is 0.464 e. The summed E-state index contributed by atoms with van der Waals surface area (Å²) in [5.74, 6) is -2.84. The predicted octanol–water partition coefficient (Wildman–Crippen LogP) is 2.32. The number of rotatable bonds is 3. The Hall–Kier alpha value is -2.17. The molecule has 2 rings (SSSR count). The number of hydrogen-bond donors (Lipinski definition) is 0. The summed E-state index contributed by atoms with van der Waals surface area (Å²) in [7, 11) is 0. The summed E-state index contributed by atoms with van der Waals surface area (Å²) in [6.07, 6.45) is 1.33. The summed E-state index contributed by atoms with van der Waals surface area (Å²) in [4.78, 5) is 23.0.